The Morgan fingerprint density at radius 3 is 2.32 bits per heavy atom. The predicted molar refractivity (Wildman–Crippen MR) is 145 cm³/mol. The molecule has 1 saturated heterocycles. The van der Waals surface area contributed by atoms with Gasteiger partial charge in [-0.1, -0.05) is 37.3 Å². The van der Waals surface area contributed by atoms with Crippen LogP contribution in [0.5, 0.6) is 11.5 Å². The molecule has 0 atom stereocenters. The minimum atomic E-state index is -0.764. The number of rotatable bonds is 8. The van der Waals surface area contributed by atoms with Gasteiger partial charge in [0.1, 0.15) is 23.7 Å². The smallest absolute Gasteiger partial charge is 0.335 e. The number of methoxy groups -OCH3 is 1. The van der Waals surface area contributed by atoms with Crippen molar-refractivity contribution in [2.24, 2.45) is 0 Å². The van der Waals surface area contributed by atoms with Crippen LogP contribution in [0.15, 0.2) is 84.6 Å². The number of amides is 4. The monoisotopic (exact) mass is 509 g/mol. The number of hydrogen-bond donors (Lipinski definition) is 1. The summed E-state index contributed by atoms with van der Waals surface area (Å²) in [5.74, 6) is 0.0977. The standard InChI is InChI=1S/C30H27N3O5/c1-3-20-8-10-22(11-9-20)33-29(35)26(28(34)31-30(33)36)18-21-19-32(27-7-5-4-6-25(21)27)16-17-38-24-14-12-23(37-2)13-15-24/h4-15,18-19H,3,16-17H2,1-2H3,(H,31,34,36)/b26-18-. The van der Waals surface area contributed by atoms with Crippen LogP contribution in [0.1, 0.15) is 18.1 Å². The Morgan fingerprint density at radius 2 is 1.61 bits per heavy atom. The van der Waals surface area contributed by atoms with Crippen molar-refractivity contribution in [1.82, 2.24) is 9.88 Å². The molecule has 2 heterocycles. The Morgan fingerprint density at radius 1 is 0.895 bits per heavy atom. The van der Waals surface area contributed by atoms with Gasteiger partial charge in [0.2, 0.25) is 0 Å². The summed E-state index contributed by atoms with van der Waals surface area (Å²) in [6.45, 7) is 2.98. The van der Waals surface area contributed by atoms with Crippen molar-refractivity contribution in [3.05, 3.63) is 95.7 Å². The highest BCUT2D eigenvalue weighted by atomic mass is 16.5. The first-order valence-corrected chi connectivity index (χ1v) is 12.3. The molecule has 0 radical (unpaired) electrons. The number of urea groups is 1. The van der Waals surface area contributed by atoms with Gasteiger partial charge in [0.05, 0.1) is 19.3 Å². The van der Waals surface area contributed by atoms with Crippen LogP contribution in [0.4, 0.5) is 10.5 Å². The van der Waals surface area contributed by atoms with E-state index in [1.807, 2.05) is 78.4 Å². The van der Waals surface area contributed by atoms with E-state index in [9.17, 15) is 14.4 Å². The third-order valence-corrected chi connectivity index (χ3v) is 6.48. The van der Waals surface area contributed by atoms with E-state index < -0.39 is 17.8 Å². The number of para-hydroxylation sites is 1. The van der Waals surface area contributed by atoms with Gasteiger partial charge in [-0.15, -0.1) is 0 Å². The number of nitrogens with zero attached hydrogens (tertiary/aromatic N) is 2. The molecule has 4 aromatic rings. The number of hydrogen-bond acceptors (Lipinski definition) is 5. The second-order valence-electron chi connectivity index (χ2n) is 8.80. The van der Waals surface area contributed by atoms with Crippen molar-refractivity contribution in [2.75, 3.05) is 18.6 Å². The van der Waals surface area contributed by atoms with Gasteiger partial charge < -0.3 is 14.0 Å². The number of aryl methyl sites for hydroxylation is 1. The van der Waals surface area contributed by atoms with Crippen molar-refractivity contribution >= 4 is 40.5 Å². The molecule has 8 nitrogen and oxygen atoms in total. The SMILES string of the molecule is CCc1ccc(N2C(=O)NC(=O)/C(=C/c3cn(CCOc4ccc(OC)cc4)c4ccccc34)C2=O)cc1. The maximum atomic E-state index is 13.4. The van der Waals surface area contributed by atoms with Crippen LogP contribution in [-0.2, 0) is 22.6 Å². The molecule has 1 aromatic heterocycles. The van der Waals surface area contributed by atoms with Gasteiger partial charge in [-0.25, -0.2) is 9.69 Å². The highest BCUT2D eigenvalue weighted by molar-refractivity contribution is 6.39. The first-order chi connectivity index (χ1) is 18.5. The number of aromatic nitrogens is 1. The number of nitrogens with one attached hydrogen (secondary N) is 1. The average Bonchev–Trinajstić information content (AvgIpc) is 3.29. The number of benzene rings is 3. The Labute approximate surface area is 220 Å². The lowest BCUT2D eigenvalue weighted by Crippen LogP contribution is -2.54. The van der Waals surface area contributed by atoms with E-state index in [1.165, 1.54) is 0 Å². The van der Waals surface area contributed by atoms with E-state index in [2.05, 4.69) is 5.32 Å². The molecule has 0 saturated carbocycles. The first-order valence-electron chi connectivity index (χ1n) is 12.3. The Hall–Kier alpha value is -4.85. The van der Waals surface area contributed by atoms with Crippen LogP contribution in [0, 0.1) is 0 Å². The maximum absolute atomic E-state index is 13.4. The third kappa shape index (κ3) is 4.88. The molecule has 0 bridgehead atoms. The van der Waals surface area contributed by atoms with E-state index in [-0.39, 0.29) is 5.57 Å². The fourth-order valence-corrected chi connectivity index (χ4v) is 4.44. The van der Waals surface area contributed by atoms with Crippen LogP contribution in [0.25, 0.3) is 17.0 Å². The summed E-state index contributed by atoms with van der Waals surface area (Å²) in [5, 5.41) is 3.17. The molecule has 1 fully saturated rings. The van der Waals surface area contributed by atoms with Crippen LogP contribution in [0.2, 0.25) is 0 Å². The summed E-state index contributed by atoms with van der Waals surface area (Å²) in [6, 6.07) is 21.5. The lowest BCUT2D eigenvalue weighted by Gasteiger charge is -2.26. The van der Waals surface area contributed by atoms with Gasteiger partial charge in [0.15, 0.2) is 0 Å². The molecular weight excluding hydrogens is 482 g/mol. The van der Waals surface area contributed by atoms with Crippen molar-refractivity contribution in [1.29, 1.82) is 0 Å². The maximum Gasteiger partial charge on any atom is 0.335 e. The molecule has 0 unspecified atom stereocenters. The average molecular weight is 510 g/mol. The Bertz CT molecular complexity index is 1530. The van der Waals surface area contributed by atoms with E-state index in [0.717, 1.165) is 39.3 Å². The van der Waals surface area contributed by atoms with Crippen LogP contribution >= 0.6 is 0 Å². The highest BCUT2D eigenvalue weighted by Crippen LogP contribution is 2.27. The van der Waals surface area contributed by atoms with E-state index in [4.69, 9.17) is 9.47 Å². The molecule has 3 aromatic carbocycles. The second-order valence-corrected chi connectivity index (χ2v) is 8.80. The number of imide groups is 2. The number of barbiturate groups is 1. The summed E-state index contributed by atoms with van der Waals surface area (Å²) in [5.41, 5.74) is 3.00. The fourth-order valence-electron chi connectivity index (χ4n) is 4.44. The van der Waals surface area contributed by atoms with Gasteiger partial charge in [0.25, 0.3) is 11.8 Å². The fraction of sp³-hybridized carbons (Fsp3) is 0.167. The van der Waals surface area contributed by atoms with Gasteiger partial charge >= 0.3 is 6.03 Å². The minimum Gasteiger partial charge on any atom is -0.497 e. The number of anilines is 1. The Kier molecular flexibility index (Phi) is 6.95. The van der Waals surface area contributed by atoms with Crippen LogP contribution in [0.3, 0.4) is 0 Å². The second kappa shape index (κ2) is 10.6. The highest BCUT2D eigenvalue weighted by Gasteiger charge is 2.37. The number of ether oxygens (including phenoxy) is 2. The van der Waals surface area contributed by atoms with Crippen molar-refractivity contribution in [2.45, 2.75) is 19.9 Å². The van der Waals surface area contributed by atoms with E-state index >= 15 is 0 Å². The topological polar surface area (TPSA) is 89.9 Å². The molecule has 0 aliphatic carbocycles. The molecule has 0 spiro atoms. The van der Waals surface area contributed by atoms with Gasteiger partial charge in [-0.3, -0.25) is 14.9 Å². The lowest BCUT2D eigenvalue weighted by atomic mass is 10.1. The molecule has 38 heavy (non-hydrogen) atoms. The van der Waals surface area contributed by atoms with Gasteiger partial charge in [-0.05, 0) is 60.5 Å². The zero-order valence-electron chi connectivity index (χ0n) is 21.1. The summed E-state index contributed by atoms with van der Waals surface area (Å²) in [4.78, 5) is 39.7. The molecular formula is C30H27N3O5. The molecule has 4 amide bonds. The third-order valence-electron chi connectivity index (χ3n) is 6.48. The quantitative estimate of drug-likeness (QED) is 0.268. The summed E-state index contributed by atoms with van der Waals surface area (Å²) in [7, 11) is 1.61. The zero-order chi connectivity index (χ0) is 26.6. The molecule has 5 rings (SSSR count). The van der Waals surface area contributed by atoms with Crippen LogP contribution in [-0.4, -0.2) is 36.1 Å². The van der Waals surface area contributed by atoms with Gasteiger partial charge in [-0.2, -0.15) is 0 Å². The van der Waals surface area contributed by atoms with Crippen molar-refractivity contribution < 1.29 is 23.9 Å². The van der Waals surface area contributed by atoms with Crippen molar-refractivity contribution in [3.8, 4) is 11.5 Å². The minimum absolute atomic E-state index is 0.110. The zero-order valence-corrected chi connectivity index (χ0v) is 21.1. The molecule has 1 N–H and O–H groups in total. The van der Waals surface area contributed by atoms with Gasteiger partial charge in [0, 0.05) is 22.7 Å². The summed E-state index contributed by atoms with van der Waals surface area (Å²) >= 11 is 0. The lowest BCUT2D eigenvalue weighted by molar-refractivity contribution is -0.122. The normalized spacial score (nSPS) is 14.7. The number of carbonyl (C=O) groups excluding carboxylic acids is 3. The number of carbonyl (C=O) groups is 3. The largest absolute Gasteiger partial charge is 0.497 e. The molecule has 1 aliphatic rings. The Balaban J connectivity index is 1.41. The van der Waals surface area contributed by atoms with E-state index in [1.54, 1.807) is 25.3 Å². The number of fused-ring (bicyclic) bond motifs is 1. The summed E-state index contributed by atoms with van der Waals surface area (Å²) in [6.07, 6.45) is 4.26. The summed E-state index contributed by atoms with van der Waals surface area (Å²) < 4.78 is 13.1. The van der Waals surface area contributed by atoms with Crippen molar-refractivity contribution in [3.63, 3.8) is 0 Å². The first kappa shape index (κ1) is 24.8. The predicted octanol–water partition coefficient (Wildman–Crippen LogP) is 4.96. The molecule has 192 valence electrons. The molecule has 8 heteroatoms. The van der Waals surface area contributed by atoms with Crippen LogP contribution < -0.4 is 19.7 Å². The molecule has 1 aliphatic heterocycles. The van der Waals surface area contributed by atoms with E-state index in [0.29, 0.717) is 24.4 Å².